The topological polar surface area (TPSA) is 81.4 Å². The predicted octanol–water partition coefficient (Wildman–Crippen LogP) is 3.11. The largest absolute Gasteiger partial charge is 0.482 e. The molecular weight excluding hydrogens is 327 g/mol. The first-order chi connectivity index (χ1) is 10.5. The molecule has 114 valence electrons. The average molecular weight is 339 g/mol. The SMILES string of the molecule is NC(=O)c1ccc(NC(=O)COc2cccc(Cl)c2Cl)cc1. The van der Waals surface area contributed by atoms with Crippen LogP contribution in [0.3, 0.4) is 0 Å². The summed E-state index contributed by atoms with van der Waals surface area (Å²) < 4.78 is 5.31. The number of nitrogens with one attached hydrogen (secondary N) is 1. The molecule has 0 fully saturated rings. The zero-order chi connectivity index (χ0) is 16.1. The number of amides is 2. The van der Waals surface area contributed by atoms with E-state index >= 15 is 0 Å². The van der Waals surface area contributed by atoms with Gasteiger partial charge in [-0.2, -0.15) is 0 Å². The monoisotopic (exact) mass is 338 g/mol. The lowest BCUT2D eigenvalue weighted by atomic mass is 10.2. The molecule has 3 N–H and O–H groups in total. The van der Waals surface area contributed by atoms with Crippen molar-refractivity contribution in [1.29, 1.82) is 0 Å². The molecule has 0 aromatic heterocycles. The zero-order valence-corrected chi connectivity index (χ0v) is 12.8. The summed E-state index contributed by atoms with van der Waals surface area (Å²) in [7, 11) is 0. The number of carbonyl (C=O) groups is 2. The smallest absolute Gasteiger partial charge is 0.262 e. The minimum Gasteiger partial charge on any atom is -0.482 e. The van der Waals surface area contributed by atoms with Gasteiger partial charge in [0.1, 0.15) is 10.8 Å². The highest BCUT2D eigenvalue weighted by atomic mass is 35.5. The van der Waals surface area contributed by atoms with Crippen LogP contribution in [0.5, 0.6) is 5.75 Å². The van der Waals surface area contributed by atoms with Crippen molar-refractivity contribution in [3.63, 3.8) is 0 Å². The Bertz CT molecular complexity index is 702. The molecule has 0 aliphatic carbocycles. The Labute approximate surface area is 137 Å². The van der Waals surface area contributed by atoms with Crippen molar-refractivity contribution in [2.75, 3.05) is 11.9 Å². The number of halogens is 2. The van der Waals surface area contributed by atoms with Gasteiger partial charge in [-0.3, -0.25) is 9.59 Å². The zero-order valence-electron chi connectivity index (χ0n) is 11.3. The molecule has 0 radical (unpaired) electrons. The molecule has 22 heavy (non-hydrogen) atoms. The molecule has 2 rings (SSSR count). The first-order valence-corrected chi connectivity index (χ1v) is 6.99. The third-order valence-electron chi connectivity index (χ3n) is 2.73. The van der Waals surface area contributed by atoms with Crippen molar-refractivity contribution < 1.29 is 14.3 Å². The van der Waals surface area contributed by atoms with E-state index in [9.17, 15) is 9.59 Å². The summed E-state index contributed by atoms with van der Waals surface area (Å²) in [5.41, 5.74) is 6.02. The highest BCUT2D eigenvalue weighted by Gasteiger charge is 2.09. The summed E-state index contributed by atoms with van der Waals surface area (Å²) in [6.45, 7) is -0.225. The van der Waals surface area contributed by atoms with Crippen molar-refractivity contribution in [2.45, 2.75) is 0 Å². The van der Waals surface area contributed by atoms with Crippen LogP contribution in [-0.2, 0) is 4.79 Å². The van der Waals surface area contributed by atoms with E-state index in [2.05, 4.69) is 5.32 Å². The Morgan fingerprint density at radius 1 is 1.09 bits per heavy atom. The summed E-state index contributed by atoms with van der Waals surface area (Å²) in [4.78, 5) is 22.7. The first kappa shape index (κ1) is 16.1. The van der Waals surface area contributed by atoms with Crippen molar-refractivity contribution in [3.8, 4) is 5.75 Å². The third-order valence-corrected chi connectivity index (χ3v) is 3.53. The molecule has 2 amide bonds. The van der Waals surface area contributed by atoms with Gasteiger partial charge in [0.25, 0.3) is 5.91 Å². The Morgan fingerprint density at radius 2 is 1.77 bits per heavy atom. The van der Waals surface area contributed by atoms with Gasteiger partial charge >= 0.3 is 0 Å². The number of primary amides is 1. The molecule has 7 heteroatoms. The predicted molar refractivity (Wildman–Crippen MR) is 85.5 cm³/mol. The minimum absolute atomic E-state index is 0.225. The van der Waals surface area contributed by atoms with Crippen LogP contribution in [0.15, 0.2) is 42.5 Å². The van der Waals surface area contributed by atoms with Gasteiger partial charge in [-0.1, -0.05) is 29.3 Å². The van der Waals surface area contributed by atoms with E-state index in [0.29, 0.717) is 22.0 Å². The molecule has 0 bridgehead atoms. The maximum Gasteiger partial charge on any atom is 0.262 e. The van der Waals surface area contributed by atoms with E-state index < -0.39 is 5.91 Å². The van der Waals surface area contributed by atoms with Gasteiger partial charge in [0.2, 0.25) is 5.91 Å². The molecule has 0 saturated carbocycles. The second-order valence-electron chi connectivity index (χ2n) is 4.33. The van der Waals surface area contributed by atoms with Gasteiger partial charge in [0.05, 0.1) is 5.02 Å². The quantitative estimate of drug-likeness (QED) is 0.878. The second kappa shape index (κ2) is 7.15. The molecule has 5 nitrogen and oxygen atoms in total. The summed E-state index contributed by atoms with van der Waals surface area (Å²) >= 11 is 11.8. The van der Waals surface area contributed by atoms with Crippen LogP contribution < -0.4 is 15.8 Å². The summed E-state index contributed by atoms with van der Waals surface area (Å²) in [6, 6.07) is 11.1. The molecule has 0 aliphatic heterocycles. The van der Waals surface area contributed by atoms with Crippen LogP contribution in [0.1, 0.15) is 10.4 Å². The van der Waals surface area contributed by atoms with Gasteiger partial charge in [0.15, 0.2) is 6.61 Å². The van der Waals surface area contributed by atoms with Crippen molar-refractivity contribution in [3.05, 3.63) is 58.1 Å². The van der Waals surface area contributed by atoms with Crippen LogP contribution in [0.2, 0.25) is 10.0 Å². The summed E-state index contributed by atoms with van der Waals surface area (Å²) in [5.74, 6) is -0.576. The third kappa shape index (κ3) is 4.13. The first-order valence-electron chi connectivity index (χ1n) is 6.24. The van der Waals surface area contributed by atoms with Crippen molar-refractivity contribution >= 4 is 40.7 Å². The van der Waals surface area contributed by atoms with Crippen LogP contribution in [0.25, 0.3) is 0 Å². The maximum absolute atomic E-state index is 11.8. The van der Waals surface area contributed by atoms with Crippen LogP contribution >= 0.6 is 23.2 Å². The molecule has 0 atom stereocenters. The molecule has 2 aromatic carbocycles. The molecular formula is C15H12Cl2N2O3. The average Bonchev–Trinajstić information content (AvgIpc) is 2.49. The lowest BCUT2D eigenvalue weighted by molar-refractivity contribution is -0.118. The lowest BCUT2D eigenvalue weighted by Crippen LogP contribution is -2.20. The fourth-order valence-electron chi connectivity index (χ4n) is 1.65. The van der Waals surface area contributed by atoms with Gasteiger partial charge in [0, 0.05) is 11.3 Å². The lowest BCUT2D eigenvalue weighted by Gasteiger charge is -2.09. The van der Waals surface area contributed by atoms with Gasteiger partial charge in [-0.15, -0.1) is 0 Å². The van der Waals surface area contributed by atoms with E-state index in [0.717, 1.165) is 0 Å². The van der Waals surface area contributed by atoms with Gasteiger partial charge < -0.3 is 15.8 Å². The maximum atomic E-state index is 11.8. The number of ether oxygens (including phenoxy) is 1. The summed E-state index contributed by atoms with van der Waals surface area (Å²) in [5, 5.41) is 3.22. The van der Waals surface area contributed by atoms with E-state index in [-0.39, 0.29) is 17.5 Å². The Balaban J connectivity index is 1.93. The number of rotatable bonds is 5. The fraction of sp³-hybridized carbons (Fsp3) is 0.0667. The van der Waals surface area contributed by atoms with Crippen LogP contribution in [-0.4, -0.2) is 18.4 Å². The molecule has 0 aliphatic rings. The number of hydrogen-bond donors (Lipinski definition) is 2. The number of hydrogen-bond acceptors (Lipinski definition) is 3. The Morgan fingerprint density at radius 3 is 2.41 bits per heavy atom. The van der Waals surface area contributed by atoms with E-state index in [1.54, 1.807) is 30.3 Å². The molecule has 0 saturated heterocycles. The number of carbonyl (C=O) groups excluding carboxylic acids is 2. The highest BCUT2D eigenvalue weighted by molar-refractivity contribution is 6.42. The molecule has 0 unspecified atom stereocenters. The number of anilines is 1. The summed E-state index contributed by atoms with van der Waals surface area (Å²) in [6.07, 6.45) is 0. The number of benzene rings is 2. The number of nitrogens with two attached hydrogens (primary N) is 1. The van der Waals surface area contributed by atoms with Crippen LogP contribution in [0, 0.1) is 0 Å². The molecule has 0 spiro atoms. The normalized spacial score (nSPS) is 10.1. The van der Waals surface area contributed by atoms with Gasteiger partial charge in [-0.25, -0.2) is 0 Å². The van der Waals surface area contributed by atoms with E-state index in [4.69, 9.17) is 33.7 Å². The standard InChI is InChI=1S/C15H12Cl2N2O3/c16-11-2-1-3-12(14(11)17)22-8-13(20)19-10-6-4-9(5-7-10)15(18)21/h1-7H,8H2,(H2,18,21)(H,19,20). The van der Waals surface area contributed by atoms with Crippen LogP contribution in [0.4, 0.5) is 5.69 Å². The van der Waals surface area contributed by atoms with Crippen molar-refractivity contribution in [1.82, 2.24) is 0 Å². The molecule has 0 heterocycles. The second-order valence-corrected chi connectivity index (χ2v) is 5.12. The highest BCUT2D eigenvalue weighted by Crippen LogP contribution is 2.31. The molecule has 2 aromatic rings. The van der Waals surface area contributed by atoms with E-state index in [1.165, 1.54) is 12.1 Å². The fourth-order valence-corrected chi connectivity index (χ4v) is 2.00. The van der Waals surface area contributed by atoms with Gasteiger partial charge in [-0.05, 0) is 36.4 Å². The Kier molecular flexibility index (Phi) is 5.25. The minimum atomic E-state index is -0.531. The van der Waals surface area contributed by atoms with E-state index in [1.807, 2.05) is 0 Å². The Hall–Kier alpha value is -2.24. The van der Waals surface area contributed by atoms with Crippen molar-refractivity contribution in [2.24, 2.45) is 5.73 Å².